The number of pyridine rings is 1. The van der Waals surface area contributed by atoms with E-state index in [1.165, 1.54) is 6.07 Å². The third-order valence-electron chi connectivity index (χ3n) is 3.60. The molecule has 1 fully saturated rings. The summed E-state index contributed by atoms with van der Waals surface area (Å²) in [6, 6.07) is 2.43. The highest BCUT2D eigenvalue weighted by Gasteiger charge is 2.52. The summed E-state index contributed by atoms with van der Waals surface area (Å²) in [6.07, 6.45) is -3.36. The molecular formula is C12H15BF3NO2. The predicted octanol–water partition coefficient (Wildman–Crippen LogP) is 2.40. The van der Waals surface area contributed by atoms with E-state index < -0.39 is 30.2 Å². The average Bonchev–Trinajstić information content (AvgIpc) is 2.47. The lowest BCUT2D eigenvalue weighted by atomic mass is 9.79. The normalized spacial score (nSPS) is 21.7. The number of hydrogen-bond donors (Lipinski definition) is 0. The van der Waals surface area contributed by atoms with E-state index >= 15 is 0 Å². The molecule has 0 aromatic carbocycles. The third kappa shape index (κ3) is 2.62. The second kappa shape index (κ2) is 4.21. The number of aromatic nitrogens is 1. The van der Waals surface area contributed by atoms with Crippen molar-refractivity contribution in [2.75, 3.05) is 0 Å². The lowest BCUT2D eigenvalue weighted by molar-refractivity contribution is -0.141. The SMILES string of the molecule is CC1(C)OB(c2ccnc(C(F)(F)F)c2)OC1(C)C. The van der Waals surface area contributed by atoms with Crippen molar-refractivity contribution < 1.29 is 22.5 Å². The second-order valence-corrected chi connectivity index (χ2v) is 5.56. The molecule has 0 unspecified atom stereocenters. The van der Waals surface area contributed by atoms with Gasteiger partial charge in [-0.05, 0) is 45.3 Å². The minimum absolute atomic E-state index is 0.320. The van der Waals surface area contributed by atoms with Crippen LogP contribution in [0.3, 0.4) is 0 Å². The van der Waals surface area contributed by atoms with Crippen molar-refractivity contribution in [1.29, 1.82) is 0 Å². The molecule has 2 rings (SSSR count). The summed E-state index contributed by atoms with van der Waals surface area (Å²) < 4.78 is 49.2. The number of rotatable bonds is 1. The standard InChI is InChI=1S/C12H15BF3NO2/c1-10(2)11(3,4)19-13(18-10)8-5-6-17-9(7-8)12(14,15)16/h5-7H,1-4H3. The number of nitrogens with zero attached hydrogens (tertiary/aromatic N) is 1. The fourth-order valence-electron chi connectivity index (χ4n) is 1.73. The maximum Gasteiger partial charge on any atom is 0.494 e. The van der Waals surface area contributed by atoms with Crippen molar-refractivity contribution in [1.82, 2.24) is 4.98 Å². The number of alkyl halides is 3. The third-order valence-corrected chi connectivity index (χ3v) is 3.60. The van der Waals surface area contributed by atoms with Gasteiger partial charge in [0.05, 0.1) is 11.2 Å². The molecule has 3 nitrogen and oxygen atoms in total. The molecular weight excluding hydrogens is 258 g/mol. The molecule has 7 heteroatoms. The predicted molar refractivity (Wildman–Crippen MR) is 65.0 cm³/mol. The van der Waals surface area contributed by atoms with Gasteiger partial charge in [-0.1, -0.05) is 0 Å². The first-order valence-corrected chi connectivity index (χ1v) is 5.92. The first-order chi connectivity index (χ1) is 8.53. The molecule has 0 N–H and O–H groups in total. The summed E-state index contributed by atoms with van der Waals surface area (Å²) in [5, 5.41) is 0. The summed E-state index contributed by atoms with van der Waals surface area (Å²) in [5.74, 6) is 0. The van der Waals surface area contributed by atoms with E-state index in [1.807, 2.05) is 27.7 Å². The van der Waals surface area contributed by atoms with Gasteiger partial charge in [-0.25, -0.2) is 0 Å². The Labute approximate surface area is 110 Å². The van der Waals surface area contributed by atoms with Crippen LogP contribution in [0.2, 0.25) is 0 Å². The summed E-state index contributed by atoms with van der Waals surface area (Å²) in [6.45, 7) is 7.38. The van der Waals surface area contributed by atoms with Crippen LogP contribution in [0.25, 0.3) is 0 Å². The van der Waals surface area contributed by atoms with Crippen LogP contribution in [0.1, 0.15) is 33.4 Å². The fraction of sp³-hybridized carbons (Fsp3) is 0.583. The van der Waals surface area contributed by atoms with Crippen LogP contribution in [0, 0.1) is 0 Å². The van der Waals surface area contributed by atoms with Crippen molar-refractivity contribution in [2.45, 2.75) is 45.1 Å². The molecule has 0 saturated carbocycles. The van der Waals surface area contributed by atoms with Crippen LogP contribution < -0.4 is 5.46 Å². The van der Waals surface area contributed by atoms with Crippen LogP contribution >= 0.6 is 0 Å². The highest BCUT2D eigenvalue weighted by molar-refractivity contribution is 6.62. The molecule has 1 aromatic rings. The zero-order valence-electron chi connectivity index (χ0n) is 11.2. The van der Waals surface area contributed by atoms with Gasteiger partial charge < -0.3 is 9.31 Å². The minimum Gasteiger partial charge on any atom is -0.399 e. The Morgan fingerprint density at radius 1 is 1.11 bits per heavy atom. The summed E-state index contributed by atoms with van der Waals surface area (Å²) in [4.78, 5) is 3.32. The van der Waals surface area contributed by atoms with Crippen LogP contribution in [0.5, 0.6) is 0 Å². The maximum absolute atomic E-state index is 12.6. The minimum atomic E-state index is -4.47. The van der Waals surface area contributed by atoms with E-state index in [1.54, 1.807) is 0 Å². The van der Waals surface area contributed by atoms with Gasteiger partial charge in [-0.15, -0.1) is 0 Å². The molecule has 1 aliphatic rings. The maximum atomic E-state index is 12.6. The summed E-state index contributed by atoms with van der Waals surface area (Å²) in [5.41, 5.74) is -1.79. The zero-order chi connectivity index (χ0) is 14.5. The highest BCUT2D eigenvalue weighted by Crippen LogP contribution is 2.36. The Balaban J connectivity index is 2.30. The molecule has 1 saturated heterocycles. The highest BCUT2D eigenvalue weighted by atomic mass is 19.4. The molecule has 1 aromatic heterocycles. The van der Waals surface area contributed by atoms with E-state index in [0.717, 1.165) is 12.3 Å². The average molecular weight is 273 g/mol. The van der Waals surface area contributed by atoms with E-state index in [2.05, 4.69) is 4.98 Å². The lowest BCUT2D eigenvalue weighted by Gasteiger charge is -2.32. The molecule has 1 aliphatic heterocycles. The van der Waals surface area contributed by atoms with Gasteiger partial charge in [-0.2, -0.15) is 13.2 Å². The van der Waals surface area contributed by atoms with Crippen LogP contribution in [0.4, 0.5) is 13.2 Å². The van der Waals surface area contributed by atoms with Crippen molar-refractivity contribution in [2.24, 2.45) is 0 Å². The van der Waals surface area contributed by atoms with Crippen LogP contribution in [-0.2, 0) is 15.5 Å². The van der Waals surface area contributed by atoms with Crippen molar-refractivity contribution in [3.05, 3.63) is 24.0 Å². The van der Waals surface area contributed by atoms with Crippen LogP contribution in [0.15, 0.2) is 18.3 Å². The molecule has 0 radical (unpaired) electrons. The Kier molecular flexibility index (Phi) is 3.18. The molecule has 0 bridgehead atoms. The van der Waals surface area contributed by atoms with Gasteiger partial charge in [0.15, 0.2) is 0 Å². The van der Waals surface area contributed by atoms with E-state index in [0.29, 0.717) is 5.46 Å². The van der Waals surface area contributed by atoms with Crippen molar-refractivity contribution in [3.63, 3.8) is 0 Å². The monoisotopic (exact) mass is 273 g/mol. The summed E-state index contributed by atoms with van der Waals surface area (Å²) in [7, 11) is -0.811. The van der Waals surface area contributed by atoms with Crippen LogP contribution in [-0.4, -0.2) is 23.3 Å². The van der Waals surface area contributed by atoms with Gasteiger partial charge in [0.2, 0.25) is 0 Å². The molecule has 19 heavy (non-hydrogen) atoms. The Bertz CT molecular complexity index is 472. The van der Waals surface area contributed by atoms with E-state index in [-0.39, 0.29) is 0 Å². The smallest absolute Gasteiger partial charge is 0.399 e. The second-order valence-electron chi connectivity index (χ2n) is 5.56. The Morgan fingerprint density at radius 3 is 2.11 bits per heavy atom. The molecule has 0 spiro atoms. The van der Waals surface area contributed by atoms with Crippen molar-refractivity contribution in [3.8, 4) is 0 Å². The lowest BCUT2D eigenvalue weighted by Crippen LogP contribution is -2.41. The number of hydrogen-bond acceptors (Lipinski definition) is 3. The van der Waals surface area contributed by atoms with E-state index in [9.17, 15) is 13.2 Å². The summed E-state index contributed by atoms with van der Waals surface area (Å²) >= 11 is 0. The van der Waals surface area contributed by atoms with Crippen molar-refractivity contribution >= 4 is 12.6 Å². The zero-order valence-corrected chi connectivity index (χ0v) is 11.2. The molecule has 104 valence electrons. The first-order valence-electron chi connectivity index (χ1n) is 5.92. The molecule has 0 aliphatic carbocycles. The van der Waals surface area contributed by atoms with Gasteiger partial charge in [0.25, 0.3) is 0 Å². The van der Waals surface area contributed by atoms with E-state index in [4.69, 9.17) is 9.31 Å². The van der Waals surface area contributed by atoms with Gasteiger partial charge in [0, 0.05) is 6.20 Å². The largest absolute Gasteiger partial charge is 0.494 e. The molecule has 0 atom stereocenters. The quantitative estimate of drug-likeness (QED) is 0.736. The first kappa shape index (κ1) is 14.3. The van der Waals surface area contributed by atoms with Gasteiger partial charge in [-0.3, -0.25) is 4.98 Å². The molecule has 2 heterocycles. The molecule has 0 amide bonds. The Morgan fingerprint density at radius 2 is 1.63 bits per heavy atom. The van der Waals surface area contributed by atoms with Gasteiger partial charge >= 0.3 is 13.3 Å². The topological polar surface area (TPSA) is 31.4 Å². The Hall–Kier alpha value is -1.08. The fourth-order valence-corrected chi connectivity index (χ4v) is 1.73. The number of halogens is 3. The van der Waals surface area contributed by atoms with Gasteiger partial charge in [0.1, 0.15) is 5.69 Å².